The molecule has 5 heteroatoms. The molecular formula is C15H18N4O. The highest BCUT2D eigenvalue weighted by Gasteiger charge is 2.03. The van der Waals surface area contributed by atoms with Crippen LogP contribution in [0.3, 0.4) is 0 Å². The zero-order chi connectivity index (χ0) is 14.5. The SMILES string of the molecule is CC(=O)c1ccc(Nc2nccc(NC(C)C)n2)cc1. The molecule has 1 aromatic carbocycles. The number of rotatable bonds is 5. The van der Waals surface area contributed by atoms with Gasteiger partial charge in [-0.05, 0) is 51.1 Å². The monoisotopic (exact) mass is 270 g/mol. The van der Waals surface area contributed by atoms with Crippen LogP contribution in [-0.4, -0.2) is 21.8 Å². The van der Waals surface area contributed by atoms with Crippen molar-refractivity contribution in [3.8, 4) is 0 Å². The first kappa shape index (κ1) is 14.0. The standard InChI is InChI=1S/C15H18N4O/c1-10(2)17-14-8-9-16-15(19-14)18-13-6-4-12(5-7-13)11(3)20/h4-10H,1-3H3,(H2,16,17,18,19). The lowest BCUT2D eigenvalue weighted by atomic mass is 10.1. The number of benzene rings is 1. The minimum absolute atomic E-state index is 0.0518. The Morgan fingerprint density at radius 2 is 1.85 bits per heavy atom. The molecule has 0 aliphatic carbocycles. The van der Waals surface area contributed by atoms with Crippen molar-refractivity contribution in [3.63, 3.8) is 0 Å². The van der Waals surface area contributed by atoms with Crippen LogP contribution in [-0.2, 0) is 0 Å². The zero-order valence-electron chi connectivity index (χ0n) is 11.8. The molecule has 0 unspecified atom stereocenters. The van der Waals surface area contributed by atoms with Crippen molar-refractivity contribution in [3.05, 3.63) is 42.1 Å². The fraction of sp³-hybridized carbons (Fsp3) is 0.267. The molecule has 0 amide bonds. The average Bonchev–Trinajstić information content (AvgIpc) is 2.39. The maximum Gasteiger partial charge on any atom is 0.229 e. The number of Topliss-reactive ketones (excluding diaryl/α,β-unsaturated/α-hetero) is 1. The van der Waals surface area contributed by atoms with Gasteiger partial charge < -0.3 is 10.6 Å². The molecule has 0 aliphatic heterocycles. The van der Waals surface area contributed by atoms with Crippen LogP contribution in [0.25, 0.3) is 0 Å². The Balaban J connectivity index is 2.11. The number of nitrogens with zero attached hydrogens (tertiary/aromatic N) is 2. The normalized spacial score (nSPS) is 10.4. The summed E-state index contributed by atoms with van der Waals surface area (Å²) in [5, 5.41) is 6.33. The van der Waals surface area contributed by atoms with Gasteiger partial charge in [-0.15, -0.1) is 0 Å². The van der Waals surface area contributed by atoms with Gasteiger partial charge in [-0.2, -0.15) is 4.98 Å². The predicted octanol–water partition coefficient (Wildman–Crippen LogP) is 3.24. The van der Waals surface area contributed by atoms with Crippen molar-refractivity contribution in [2.75, 3.05) is 10.6 Å². The number of ketones is 1. The van der Waals surface area contributed by atoms with Gasteiger partial charge in [-0.3, -0.25) is 4.79 Å². The maximum absolute atomic E-state index is 11.2. The van der Waals surface area contributed by atoms with Gasteiger partial charge in [-0.1, -0.05) is 0 Å². The van der Waals surface area contributed by atoms with E-state index in [0.717, 1.165) is 11.5 Å². The van der Waals surface area contributed by atoms with Gasteiger partial charge in [-0.25, -0.2) is 4.98 Å². The van der Waals surface area contributed by atoms with Gasteiger partial charge in [0.15, 0.2) is 5.78 Å². The summed E-state index contributed by atoms with van der Waals surface area (Å²) in [4.78, 5) is 19.7. The van der Waals surface area contributed by atoms with E-state index in [1.165, 1.54) is 0 Å². The molecule has 0 saturated carbocycles. The molecule has 1 heterocycles. The summed E-state index contributed by atoms with van der Waals surface area (Å²) < 4.78 is 0. The van der Waals surface area contributed by atoms with Crippen molar-refractivity contribution in [1.82, 2.24) is 9.97 Å². The van der Waals surface area contributed by atoms with Crippen LogP contribution in [0.5, 0.6) is 0 Å². The second kappa shape index (κ2) is 6.14. The molecule has 1 aromatic heterocycles. The highest BCUT2D eigenvalue weighted by atomic mass is 16.1. The summed E-state index contributed by atoms with van der Waals surface area (Å²) in [6.07, 6.45) is 1.70. The van der Waals surface area contributed by atoms with Crippen molar-refractivity contribution >= 4 is 23.2 Å². The molecule has 0 atom stereocenters. The average molecular weight is 270 g/mol. The second-order valence-corrected chi connectivity index (χ2v) is 4.82. The summed E-state index contributed by atoms with van der Waals surface area (Å²) >= 11 is 0. The molecule has 2 rings (SSSR count). The maximum atomic E-state index is 11.2. The lowest BCUT2D eigenvalue weighted by molar-refractivity contribution is 0.101. The number of carbonyl (C=O) groups is 1. The van der Waals surface area contributed by atoms with Gasteiger partial charge in [0, 0.05) is 23.5 Å². The molecule has 2 aromatic rings. The third-order valence-electron chi connectivity index (χ3n) is 2.64. The van der Waals surface area contributed by atoms with Gasteiger partial charge in [0.05, 0.1) is 0 Å². The first-order valence-corrected chi connectivity index (χ1v) is 6.52. The van der Waals surface area contributed by atoms with Crippen LogP contribution in [0.15, 0.2) is 36.5 Å². The van der Waals surface area contributed by atoms with Crippen LogP contribution < -0.4 is 10.6 Å². The van der Waals surface area contributed by atoms with Gasteiger partial charge in [0.2, 0.25) is 5.95 Å². The molecule has 20 heavy (non-hydrogen) atoms. The van der Waals surface area contributed by atoms with Gasteiger partial charge >= 0.3 is 0 Å². The minimum Gasteiger partial charge on any atom is -0.368 e. The lowest BCUT2D eigenvalue weighted by Crippen LogP contribution is -2.11. The molecular weight excluding hydrogens is 252 g/mol. The van der Waals surface area contributed by atoms with Crippen LogP contribution in [0.4, 0.5) is 17.5 Å². The predicted molar refractivity (Wildman–Crippen MR) is 80.5 cm³/mol. The third-order valence-corrected chi connectivity index (χ3v) is 2.64. The summed E-state index contributed by atoms with van der Waals surface area (Å²) in [5.74, 6) is 1.35. The Morgan fingerprint density at radius 3 is 2.45 bits per heavy atom. The Labute approximate surface area is 118 Å². The van der Waals surface area contributed by atoms with E-state index in [9.17, 15) is 4.79 Å². The first-order valence-electron chi connectivity index (χ1n) is 6.52. The topological polar surface area (TPSA) is 66.9 Å². The van der Waals surface area contributed by atoms with Crippen LogP contribution in [0, 0.1) is 0 Å². The van der Waals surface area contributed by atoms with E-state index in [1.807, 2.05) is 18.2 Å². The molecule has 0 aliphatic rings. The van der Waals surface area contributed by atoms with E-state index in [-0.39, 0.29) is 5.78 Å². The molecule has 0 fully saturated rings. The van der Waals surface area contributed by atoms with E-state index in [0.29, 0.717) is 17.6 Å². The number of anilines is 3. The molecule has 2 N–H and O–H groups in total. The number of carbonyl (C=O) groups excluding carboxylic acids is 1. The highest BCUT2D eigenvalue weighted by Crippen LogP contribution is 2.15. The van der Waals surface area contributed by atoms with E-state index in [2.05, 4.69) is 34.4 Å². The summed E-state index contributed by atoms with van der Waals surface area (Å²) in [6, 6.07) is 9.37. The Hall–Kier alpha value is -2.43. The molecule has 0 radical (unpaired) electrons. The third kappa shape index (κ3) is 3.78. The number of hydrogen-bond donors (Lipinski definition) is 2. The van der Waals surface area contributed by atoms with Gasteiger partial charge in [0.25, 0.3) is 0 Å². The largest absolute Gasteiger partial charge is 0.368 e. The zero-order valence-corrected chi connectivity index (χ0v) is 11.8. The fourth-order valence-electron chi connectivity index (χ4n) is 1.71. The van der Waals surface area contributed by atoms with Crippen LogP contribution in [0.1, 0.15) is 31.1 Å². The minimum atomic E-state index is 0.0518. The summed E-state index contributed by atoms with van der Waals surface area (Å²) in [6.45, 7) is 5.65. The molecule has 104 valence electrons. The number of aromatic nitrogens is 2. The van der Waals surface area contributed by atoms with E-state index in [4.69, 9.17) is 0 Å². The quantitative estimate of drug-likeness (QED) is 0.816. The van der Waals surface area contributed by atoms with Crippen molar-refractivity contribution in [2.45, 2.75) is 26.8 Å². The number of hydrogen-bond acceptors (Lipinski definition) is 5. The van der Waals surface area contributed by atoms with Crippen molar-refractivity contribution in [1.29, 1.82) is 0 Å². The molecule has 5 nitrogen and oxygen atoms in total. The van der Waals surface area contributed by atoms with Crippen LogP contribution >= 0.6 is 0 Å². The van der Waals surface area contributed by atoms with Gasteiger partial charge in [0.1, 0.15) is 5.82 Å². The van der Waals surface area contributed by atoms with Crippen molar-refractivity contribution < 1.29 is 4.79 Å². The second-order valence-electron chi connectivity index (χ2n) is 4.82. The Morgan fingerprint density at radius 1 is 1.15 bits per heavy atom. The summed E-state index contributed by atoms with van der Waals surface area (Å²) in [5.41, 5.74) is 1.53. The van der Waals surface area contributed by atoms with Crippen LogP contribution in [0.2, 0.25) is 0 Å². The van der Waals surface area contributed by atoms with Crippen molar-refractivity contribution in [2.24, 2.45) is 0 Å². The molecule has 0 saturated heterocycles. The first-order chi connectivity index (χ1) is 9.54. The molecule has 0 spiro atoms. The Kier molecular flexibility index (Phi) is 4.30. The lowest BCUT2D eigenvalue weighted by Gasteiger charge is -2.10. The van der Waals surface area contributed by atoms with E-state index < -0.39 is 0 Å². The number of nitrogens with one attached hydrogen (secondary N) is 2. The summed E-state index contributed by atoms with van der Waals surface area (Å²) in [7, 11) is 0. The molecule has 0 bridgehead atoms. The smallest absolute Gasteiger partial charge is 0.229 e. The fourth-order valence-corrected chi connectivity index (χ4v) is 1.71. The van der Waals surface area contributed by atoms with E-state index >= 15 is 0 Å². The highest BCUT2D eigenvalue weighted by molar-refractivity contribution is 5.94. The Bertz CT molecular complexity index is 593. The van der Waals surface area contributed by atoms with E-state index in [1.54, 1.807) is 25.3 Å².